The molecule has 0 atom stereocenters. The van der Waals surface area contributed by atoms with Gasteiger partial charge in [-0.3, -0.25) is 0 Å². The van der Waals surface area contributed by atoms with Crippen LogP contribution in [0, 0.1) is 3.57 Å². The summed E-state index contributed by atoms with van der Waals surface area (Å²) in [5.41, 5.74) is -16.9. The molecule has 4 heterocycles. The first kappa shape index (κ1) is 54.4. The maximum absolute atomic E-state index is 14.6. The highest BCUT2D eigenvalue weighted by atomic mass is 127. The van der Waals surface area contributed by atoms with E-state index in [4.69, 9.17) is 23.2 Å². The Balaban J connectivity index is 0.000000258. The van der Waals surface area contributed by atoms with Gasteiger partial charge in [-0.1, -0.05) is 35.3 Å². The van der Waals surface area contributed by atoms with Crippen LogP contribution in [0.5, 0.6) is 0 Å². The van der Waals surface area contributed by atoms with E-state index in [2.05, 4.69) is 19.7 Å². The summed E-state index contributed by atoms with van der Waals surface area (Å²) in [7, 11) is 3.50. The lowest BCUT2D eigenvalue weighted by atomic mass is 10.00. The molecule has 0 aliphatic carbocycles. The van der Waals surface area contributed by atoms with Gasteiger partial charge in [0.15, 0.2) is 0 Å². The van der Waals surface area contributed by atoms with Gasteiger partial charge in [0.25, 0.3) is 0 Å². The molecule has 0 bridgehead atoms. The number of halogens is 20. The highest BCUT2D eigenvalue weighted by Gasteiger charge is 2.76. The van der Waals surface area contributed by atoms with Gasteiger partial charge in [-0.15, -0.1) is 0 Å². The maximum Gasteiger partial charge on any atom is 0.437 e. The van der Waals surface area contributed by atoms with Gasteiger partial charge in [0, 0.05) is 37.6 Å². The van der Waals surface area contributed by atoms with Gasteiger partial charge < -0.3 is 18.6 Å². The zero-order valence-electron chi connectivity index (χ0n) is 34.3. The van der Waals surface area contributed by atoms with E-state index in [0.29, 0.717) is 33.5 Å². The van der Waals surface area contributed by atoms with E-state index in [1.165, 1.54) is 71.4 Å². The molecule has 0 aliphatic heterocycles. The van der Waals surface area contributed by atoms with Gasteiger partial charge in [0.05, 0.1) is 62.7 Å². The number of carbonyl (C=O) groups is 2. The van der Waals surface area contributed by atoms with Crippen LogP contribution in [0.1, 0.15) is 37.7 Å². The van der Waals surface area contributed by atoms with Crippen molar-refractivity contribution in [3.63, 3.8) is 0 Å². The Bertz CT molecular complexity index is 2880. The minimum atomic E-state index is -6.64. The van der Waals surface area contributed by atoms with Crippen LogP contribution in [0.15, 0.2) is 73.3 Å². The van der Waals surface area contributed by atoms with Crippen molar-refractivity contribution in [1.29, 1.82) is 0 Å². The average Bonchev–Trinajstić information content (AvgIpc) is 4.04. The topological polar surface area (TPSA) is 98.1 Å². The van der Waals surface area contributed by atoms with Crippen LogP contribution < -0.4 is 0 Å². The molecule has 0 spiro atoms. The summed E-state index contributed by atoms with van der Waals surface area (Å²) in [5.74, 6) is -3.12. The van der Waals surface area contributed by atoms with Gasteiger partial charge >= 0.3 is 54.2 Å². The molecule has 30 heteroatoms. The fourth-order valence-corrected chi connectivity index (χ4v) is 7.87. The van der Waals surface area contributed by atoms with E-state index in [1.807, 2.05) is 0 Å². The number of carbonyl (C=O) groups excluding carboxylic acids is 2. The lowest BCUT2D eigenvalue weighted by molar-refractivity contribution is -0.351. The lowest BCUT2D eigenvalue weighted by Crippen LogP contribution is -2.51. The number of esters is 2. The van der Waals surface area contributed by atoms with Crippen molar-refractivity contribution in [3.05, 3.63) is 115 Å². The van der Waals surface area contributed by atoms with Crippen molar-refractivity contribution in [1.82, 2.24) is 28.7 Å². The third-order valence-corrected chi connectivity index (χ3v) is 11.4. The Morgan fingerprint density at radius 3 is 1.23 bits per heavy atom. The predicted octanol–water partition coefficient (Wildman–Crippen LogP) is 12.8. The number of hydrogen-bond donors (Lipinski definition) is 0. The first-order valence-corrected chi connectivity index (χ1v) is 20.0. The van der Waals surface area contributed by atoms with Gasteiger partial charge in [0.2, 0.25) is 0 Å². The minimum absolute atomic E-state index is 0.00847. The summed E-state index contributed by atoms with van der Waals surface area (Å²) in [6.45, 7) is 0. The summed E-state index contributed by atoms with van der Waals surface area (Å²) in [6.07, 6.45) is -26.9. The Kier molecular flexibility index (Phi) is 14.7. The second kappa shape index (κ2) is 18.7. The van der Waals surface area contributed by atoms with E-state index in [9.17, 15) is 84.2 Å². The highest BCUT2D eigenvalue weighted by Crippen LogP contribution is 2.56. The zero-order chi connectivity index (χ0) is 52.4. The Morgan fingerprint density at radius 2 is 0.884 bits per heavy atom. The van der Waals surface area contributed by atoms with E-state index >= 15 is 0 Å². The number of methoxy groups -OCH3 is 2. The monoisotopic (exact) mass is 1160 g/mol. The molecule has 374 valence electrons. The van der Waals surface area contributed by atoms with Crippen LogP contribution in [-0.2, 0) is 41.1 Å². The smallest absolute Gasteiger partial charge is 0.437 e. The van der Waals surface area contributed by atoms with Crippen LogP contribution in [0.25, 0.3) is 33.9 Å². The van der Waals surface area contributed by atoms with Crippen LogP contribution in [0.3, 0.4) is 0 Å². The molecule has 10 nitrogen and oxygen atoms in total. The molecule has 0 saturated carbocycles. The van der Waals surface area contributed by atoms with Crippen molar-refractivity contribution in [2.45, 2.75) is 42.2 Å². The maximum atomic E-state index is 14.6. The van der Waals surface area contributed by atoms with E-state index < -0.39 is 83.0 Å². The number of ether oxygens (including phenoxy) is 2. The highest BCUT2D eigenvalue weighted by molar-refractivity contribution is 14.1. The first-order chi connectivity index (χ1) is 31.5. The molecule has 69 heavy (non-hydrogen) atoms. The average molecular weight is 1160 g/mol. The first-order valence-electron chi connectivity index (χ1n) is 18.1. The number of benzene rings is 2. The quantitative estimate of drug-likeness (QED) is 0.0855. The molecule has 0 unspecified atom stereocenters. The molecule has 6 rings (SSSR count). The zero-order valence-corrected chi connectivity index (χ0v) is 38.0. The Hall–Kier alpha value is -5.52. The molecular weight excluding hydrogens is 1140 g/mol. The van der Waals surface area contributed by atoms with Crippen LogP contribution in [0.4, 0.5) is 74.6 Å². The Labute approximate surface area is 398 Å². The van der Waals surface area contributed by atoms with Crippen LogP contribution >= 0.6 is 45.8 Å². The van der Waals surface area contributed by atoms with Gasteiger partial charge in [-0.25, -0.2) is 27.7 Å². The van der Waals surface area contributed by atoms with Gasteiger partial charge in [-0.2, -0.15) is 76.1 Å². The molecule has 6 aromatic rings. The number of aromatic nitrogens is 6. The molecule has 0 radical (unpaired) electrons. The molecule has 2 aromatic carbocycles. The molecule has 0 aliphatic rings. The number of hydrogen-bond acceptors (Lipinski definition) is 6. The fourth-order valence-electron chi connectivity index (χ4n) is 6.58. The van der Waals surface area contributed by atoms with Crippen LogP contribution in [-0.4, -0.2) is 79.6 Å². The van der Waals surface area contributed by atoms with Crippen molar-refractivity contribution in [3.8, 4) is 33.9 Å². The van der Waals surface area contributed by atoms with Gasteiger partial charge in [-0.05, 0) is 70.1 Å². The molecule has 0 fully saturated rings. The second-order valence-electron chi connectivity index (χ2n) is 14.1. The third-order valence-electron chi connectivity index (χ3n) is 9.94. The molecule has 0 N–H and O–H groups in total. The molecular formula is C39H24Cl2F17IN6O4. The van der Waals surface area contributed by atoms with E-state index in [-0.39, 0.29) is 46.3 Å². The van der Waals surface area contributed by atoms with E-state index in [1.54, 1.807) is 0 Å². The number of alkyl halides is 17. The van der Waals surface area contributed by atoms with E-state index in [0.717, 1.165) is 38.3 Å². The lowest BCUT2D eigenvalue weighted by Gasteiger charge is -2.30. The number of nitrogens with zero attached hydrogens (tertiary/aromatic N) is 6. The Morgan fingerprint density at radius 1 is 0.536 bits per heavy atom. The predicted molar refractivity (Wildman–Crippen MR) is 216 cm³/mol. The molecule has 0 saturated heterocycles. The fraction of sp³-hybridized carbons (Fsp3) is 0.282. The SMILES string of the molecule is COC(=O)c1cc(-c2cnn(-c3c(C(F)(F)F)cc(C(F)(C(F)(F)F)C(F)(F)F)n3C)c2)ccc1Cl.COC(=O)c1cc(-c2cnn(-c3c(I)cc(C(F)(C(F)(F)F)C(F)(F)F)n3C)c2)ccc1Cl. The molecule has 0 amide bonds. The van der Waals surface area contributed by atoms with Crippen molar-refractivity contribution >= 4 is 57.7 Å². The third kappa shape index (κ3) is 9.83. The summed E-state index contributed by atoms with van der Waals surface area (Å²) in [5, 5.41) is 7.65. The van der Waals surface area contributed by atoms with Crippen molar-refractivity contribution < 1.29 is 93.7 Å². The van der Waals surface area contributed by atoms with Crippen molar-refractivity contribution in [2.75, 3.05) is 14.2 Å². The van der Waals surface area contributed by atoms with Crippen molar-refractivity contribution in [2.24, 2.45) is 14.1 Å². The summed E-state index contributed by atoms with van der Waals surface area (Å²) in [6, 6.07) is 7.97. The van der Waals surface area contributed by atoms with Gasteiger partial charge in [0.1, 0.15) is 17.2 Å². The molecule has 4 aromatic heterocycles. The minimum Gasteiger partial charge on any atom is -0.465 e. The summed E-state index contributed by atoms with van der Waals surface area (Å²) >= 11 is 13.4. The summed E-state index contributed by atoms with van der Waals surface area (Å²) in [4.78, 5) is 23.7. The normalized spacial score (nSPS) is 13.0. The largest absolute Gasteiger partial charge is 0.465 e. The van der Waals surface area contributed by atoms with Crippen LogP contribution in [0.2, 0.25) is 10.0 Å². The standard InChI is InChI=1S/C20H12ClF10N3O2.C19H12ClF7IN3O2/c1-33-14(17(22,19(26,27)28)20(29,30)31)6-12(18(23,24)25)15(33)34-8-10(7-32-34)9-3-4-13(21)11(5-9)16(35)36-2;1-30-14(17(21,18(22,23)24)19(25,26)27)6-13(28)15(30)31-8-10(7-29-31)9-3-4-12(20)11(5-9)16(32)33-2/h3-8H,1-2H3;3-8H,1-2H3. The summed E-state index contributed by atoms with van der Waals surface area (Å²) < 4.78 is 240. The number of rotatable bonds is 8. The second-order valence-corrected chi connectivity index (χ2v) is 16.1.